The monoisotopic (exact) mass is 398 g/mol. The zero-order valence-electron chi connectivity index (χ0n) is 20.0. The molecule has 1 aliphatic carbocycles. The molecule has 0 fully saturated rings. The SMILES string of the molecule is CCc1c(CC)c(CC)c2c(c1CC)Cc1c(c(CC)c3ccccc3c1CC)C2. The van der Waals surface area contributed by atoms with Crippen LogP contribution in [0.1, 0.15) is 97.2 Å². The van der Waals surface area contributed by atoms with Crippen LogP contribution in [-0.4, -0.2) is 0 Å². The molecule has 0 nitrogen and oxygen atoms in total. The van der Waals surface area contributed by atoms with Gasteiger partial charge in [-0.3, -0.25) is 0 Å². The van der Waals surface area contributed by atoms with Gasteiger partial charge in [-0.2, -0.15) is 0 Å². The molecule has 158 valence electrons. The lowest BCUT2D eigenvalue weighted by Crippen LogP contribution is -2.20. The van der Waals surface area contributed by atoms with Crippen LogP contribution in [-0.2, 0) is 51.4 Å². The maximum absolute atomic E-state index is 2.37. The predicted octanol–water partition coefficient (Wildman–Crippen LogP) is 7.71. The Morgan fingerprint density at radius 1 is 0.433 bits per heavy atom. The summed E-state index contributed by atoms with van der Waals surface area (Å²) in [6.45, 7) is 14.1. The Balaban J connectivity index is 2.08. The molecule has 0 amide bonds. The van der Waals surface area contributed by atoms with Crippen molar-refractivity contribution in [2.75, 3.05) is 0 Å². The van der Waals surface area contributed by atoms with Crippen LogP contribution in [0.2, 0.25) is 0 Å². The normalized spacial score (nSPS) is 12.9. The van der Waals surface area contributed by atoms with Gasteiger partial charge in [0.15, 0.2) is 0 Å². The molecule has 0 aromatic heterocycles. The van der Waals surface area contributed by atoms with E-state index in [1.165, 1.54) is 10.8 Å². The van der Waals surface area contributed by atoms with Gasteiger partial charge in [-0.15, -0.1) is 0 Å². The first-order valence-corrected chi connectivity index (χ1v) is 12.4. The van der Waals surface area contributed by atoms with Crippen molar-refractivity contribution >= 4 is 10.8 Å². The van der Waals surface area contributed by atoms with E-state index in [-0.39, 0.29) is 0 Å². The van der Waals surface area contributed by atoms with Crippen LogP contribution >= 0.6 is 0 Å². The Kier molecular flexibility index (Phi) is 6.05. The largest absolute Gasteiger partial charge is 0.0616 e. The molecule has 3 aromatic rings. The molecule has 4 rings (SSSR count). The second-order valence-electron chi connectivity index (χ2n) is 8.81. The van der Waals surface area contributed by atoms with Crippen molar-refractivity contribution in [1.82, 2.24) is 0 Å². The lowest BCUT2D eigenvalue weighted by Gasteiger charge is -2.32. The van der Waals surface area contributed by atoms with Gasteiger partial charge in [0.2, 0.25) is 0 Å². The molecule has 0 radical (unpaired) electrons. The Labute approximate surface area is 183 Å². The van der Waals surface area contributed by atoms with Gasteiger partial charge in [0, 0.05) is 0 Å². The topological polar surface area (TPSA) is 0 Å². The molecule has 0 spiro atoms. The Hall–Kier alpha value is -2.08. The van der Waals surface area contributed by atoms with Crippen LogP contribution < -0.4 is 0 Å². The lowest BCUT2D eigenvalue weighted by atomic mass is 9.72. The van der Waals surface area contributed by atoms with E-state index < -0.39 is 0 Å². The van der Waals surface area contributed by atoms with Gasteiger partial charge in [0.05, 0.1) is 0 Å². The summed E-state index contributed by atoms with van der Waals surface area (Å²) in [7, 11) is 0. The number of rotatable bonds is 6. The minimum absolute atomic E-state index is 1.12. The molecule has 0 saturated carbocycles. The number of aryl methyl sites for hydroxylation is 2. The molecule has 0 bridgehead atoms. The summed E-state index contributed by atoms with van der Waals surface area (Å²) in [5, 5.41) is 2.99. The van der Waals surface area contributed by atoms with Gasteiger partial charge in [-0.25, -0.2) is 0 Å². The van der Waals surface area contributed by atoms with Gasteiger partial charge in [0.25, 0.3) is 0 Å². The molecule has 0 saturated heterocycles. The van der Waals surface area contributed by atoms with Crippen LogP contribution in [0.25, 0.3) is 10.8 Å². The second kappa shape index (κ2) is 8.58. The van der Waals surface area contributed by atoms with E-state index in [1.54, 1.807) is 55.6 Å². The maximum Gasteiger partial charge on any atom is -0.00141 e. The van der Waals surface area contributed by atoms with E-state index in [0.29, 0.717) is 0 Å². The first-order valence-electron chi connectivity index (χ1n) is 12.4. The van der Waals surface area contributed by atoms with Gasteiger partial charge in [-0.1, -0.05) is 65.8 Å². The average Bonchev–Trinajstić information content (AvgIpc) is 2.79. The zero-order chi connectivity index (χ0) is 21.4. The van der Waals surface area contributed by atoms with Gasteiger partial charge < -0.3 is 0 Å². The number of hydrogen-bond acceptors (Lipinski definition) is 0. The summed E-state index contributed by atoms with van der Waals surface area (Å²) < 4.78 is 0. The van der Waals surface area contributed by atoms with Crippen molar-refractivity contribution in [2.45, 2.75) is 92.9 Å². The molecule has 0 heteroatoms. The van der Waals surface area contributed by atoms with Crippen molar-refractivity contribution in [3.8, 4) is 0 Å². The minimum atomic E-state index is 1.12. The van der Waals surface area contributed by atoms with Crippen LogP contribution in [0.15, 0.2) is 24.3 Å². The molecular weight excluding hydrogens is 360 g/mol. The Bertz CT molecular complexity index is 1010. The van der Waals surface area contributed by atoms with E-state index in [9.17, 15) is 0 Å². The highest BCUT2D eigenvalue weighted by atomic mass is 14.3. The van der Waals surface area contributed by atoms with Crippen LogP contribution in [0.5, 0.6) is 0 Å². The molecule has 0 atom stereocenters. The fourth-order valence-corrected chi connectivity index (χ4v) is 6.51. The minimum Gasteiger partial charge on any atom is -0.0616 e. The third-order valence-electron chi connectivity index (χ3n) is 7.68. The van der Waals surface area contributed by atoms with E-state index in [0.717, 1.165) is 51.4 Å². The number of benzene rings is 3. The fourth-order valence-electron chi connectivity index (χ4n) is 6.51. The van der Waals surface area contributed by atoms with E-state index in [1.807, 2.05) is 0 Å². The van der Waals surface area contributed by atoms with Crippen LogP contribution in [0.3, 0.4) is 0 Å². The highest BCUT2D eigenvalue weighted by molar-refractivity contribution is 5.92. The summed E-state index contributed by atoms with van der Waals surface area (Å²) >= 11 is 0. The van der Waals surface area contributed by atoms with E-state index >= 15 is 0 Å². The third-order valence-corrected chi connectivity index (χ3v) is 7.68. The highest BCUT2D eigenvalue weighted by Gasteiger charge is 2.28. The molecule has 0 unspecified atom stereocenters. The van der Waals surface area contributed by atoms with Gasteiger partial charge >= 0.3 is 0 Å². The average molecular weight is 399 g/mol. The van der Waals surface area contributed by atoms with Gasteiger partial charge in [0.1, 0.15) is 0 Å². The van der Waals surface area contributed by atoms with Crippen molar-refractivity contribution in [2.24, 2.45) is 0 Å². The fraction of sp³-hybridized carbons (Fsp3) is 0.467. The zero-order valence-corrected chi connectivity index (χ0v) is 20.0. The number of fused-ring (bicyclic) bond motifs is 3. The molecule has 0 N–H and O–H groups in total. The van der Waals surface area contributed by atoms with Crippen molar-refractivity contribution < 1.29 is 0 Å². The molecule has 0 aliphatic heterocycles. The molecular formula is C30H38. The summed E-state index contributed by atoms with van der Waals surface area (Å²) in [5.41, 5.74) is 16.5. The summed E-state index contributed by atoms with van der Waals surface area (Å²) in [4.78, 5) is 0. The Morgan fingerprint density at radius 2 is 0.733 bits per heavy atom. The second-order valence-corrected chi connectivity index (χ2v) is 8.81. The quantitative estimate of drug-likeness (QED) is 0.312. The maximum atomic E-state index is 2.37. The van der Waals surface area contributed by atoms with Gasteiger partial charge in [-0.05, 0) is 118 Å². The highest BCUT2D eigenvalue weighted by Crippen LogP contribution is 2.42. The summed E-state index contributed by atoms with van der Waals surface area (Å²) in [5.74, 6) is 0. The summed E-state index contributed by atoms with van der Waals surface area (Å²) in [6, 6.07) is 9.16. The van der Waals surface area contributed by atoms with Crippen molar-refractivity contribution in [1.29, 1.82) is 0 Å². The Morgan fingerprint density at radius 3 is 1.03 bits per heavy atom. The van der Waals surface area contributed by atoms with Crippen molar-refractivity contribution in [3.05, 3.63) is 79.9 Å². The molecule has 3 aromatic carbocycles. The van der Waals surface area contributed by atoms with E-state index in [4.69, 9.17) is 0 Å². The molecule has 30 heavy (non-hydrogen) atoms. The predicted molar refractivity (Wildman–Crippen MR) is 132 cm³/mol. The number of hydrogen-bond donors (Lipinski definition) is 0. The molecule has 0 heterocycles. The first kappa shape index (κ1) is 21.2. The summed E-state index contributed by atoms with van der Waals surface area (Å²) in [6.07, 6.45) is 9.17. The smallest absolute Gasteiger partial charge is 0.00141 e. The third kappa shape index (κ3) is 3.03. The standard InChI is InChI=1S/C30H38/c1-7-19-20(8-2)22(10-4)28-18-30-24(12-6)26-16-14-13-15-25(26)23(11-5)29(30)17-27(28)21(19)9-3/h13-16H,7-12,17-18H2,1-6H3. The van der Waals surface area contributed by atoms with Crippen LogP contribution in [0.4, 0.5) is 0 Å². The van der Waals surface area contributed by atoms with Crippen molar-refractivity contribution in [3.63, 3.8) is 0 Å². The van der Waals surface area contributed by atoms with E-state index in [2.05, 4.69) is 65.8 Å². The molecule has 1 aliphatic rings. The first-order chi connectivity index (χ1) is 14.6. The van der Waals surface area contributed by atoms with Crippen LogP contribution in [0, 0.1) is 0 Å². The lowest BCUT2D eigenvalue weighted by molar-refractivity contribution is 0.855.